The molecule has 1 aromatic carbocycles. The molecule has 1 aliphatic heterocycles. The predicted molar refractivity (Wildman–Crippen MR) is 87.7 cm³/mol. The number of hydrogen-bond acceptors (Lipinski definition) is 3. The summed E-state index contributed by atoms with van der Waals surface area (Å²) in [6, 6.07) is 10.2. The number of carboxylic acid groups (broad SMARTS) is 1. The Bertz CT molecular complexity index is 500. The molecular formula is C18H25NO3. The number of carbonyl (C=O) groups is 1. The summed E-state index contributed by atoms with van der Waals surface area (Å²) in [7, 11) is 1.62. The van der Waals surface area contributed by atoms with Gasteiger partial charge in [0.25, 0.3) is 0 Å². The van der Waals surface area contributed by atoms with E-state index in [1.54, 1.807) is 7.11 Å². The molecule has 1 N–H and O–H groups in total. The minimum atomic E-state index is -0.693. The van der Waals surface area contributed by atoms with Crippen LogP contribution in [-0.2, 0) is 9.53 Å². The molecule has 2 rings (SSSR count). The Morgan fingerprint density at radius 2 is 2.18 bits per heavy atom. The molecule has 0 amide bonds. The second-order valence-electron chi connectivity index (χ2n) is 5.98. The second kappa shape index (κ2) is 8.11. The first kappa shape index (κ1) is 16.7. The number of nitrogens with zero attached hydrogens (tertiary/aromatic N) is 1. The van der Waals surface area contributed by atoms with E-state index in [0.717, 1.165) is 25.9 Å². The zero-order valence-electron chi connectivity index (χ0n) is 13.2. The number of aliphatic carboxylic acids is 1. The summed E-state index contributed by atoms with van der Waals surface area (Å²) < 4.78 is 5.10. The molecule has 0 aliphatic carbocycles. The van der Waals surface area contributed by atoms with Gasteiger partial charge in [0.1, 0.15) is 0 Å². The summed E-state index contributed by atoms with van der Waals surface area (Å²) >= 11 is 0. The monoisotopic (exact) mass is 303 g/mol. The molecule has 1 heterocycles. The molecule has 1 unspecified atom stereocenters. The molecule has 0 spiro atoms. The minimum Gasteiger partial charge on any atom is -0.481 e. The van der Waals surface area contributed by atoms with Crippen LogP contribution in [0.1, 0.15) is 24.8 Å². The molecule has 22 heavy (non-hydrogen) atoms. The zero-order valence-corrected chi connectivity index (χ0v) is 13.2. The quantitative estimate of drug-likeness (QED) is 0.841. The van der Waals surface area contributed by atoms with Crippen LogP contribution in [0.3, 0.4) is 0 Å². The lowest BCUT2D eigenvalue weighted by atomic mass is 9.77. The lowest BCUT2D eigenvalue weighted by molar-refractivity contribution is -0.154. The SMILES string of the molecule is COCCC1(C(=O)O)CCCN(C/C=C/c2ccccc2)C1. The Labute approximate surface area is 132 Å². The molecule has 1 fully saturated rings. The highest BCUT2D eigenvalue weighted by Gasteiger charge is 2.41. The number of ether oxygens (including phenoxy) is 1. The highest BCUT2D eigenvalue weighted by molar-refractivity contribution is 5.75. The fraction of sp³-hybridized carbons (Fsp3) is 0.500. The first-order valence-electron chi connectivity index (χ1n) is 7.82. The van der Waals surface area contributed by atoms with Crippen molar-refractivity contribution in [2.45, 2.75) is 19.3 Å². The molecule has 4 heteroatoms. The summed E-state index contributed by atoms with van der Waals surface area (Å²) in [5.41, 5.74) is 0.512. The number of methoxy groups -OCH3 is 1. The molecular weight excluding hydrogens is 278 g/mol. The molecule has 0 aromatic heterocycles. The van der Waals surface area contributed by atoms with E-state index >= 15 is 0 Å². The average Bonchev–Trinajstić information content (AvgIpc) is 2.54. The maximum absolute atomic E-state index is 11.7. The van der Waals surface area contributed by atoms with Crippen LogP contribution in [0.15, 0.2) is 36.4 Å². The molecule has 1 saturated heterocycles. The van der Waals surface area contributed by atoms with Crippen molar-refractivity contribution in [1.29, 1.82) is 0 Å². The molecule has 4 nitrogen and oxygen atoms in total. The van der Waals surface area contributed by atoms with E-state index in [0.29, 0.717) is 19.6 Å². The van der Waals surface area contributed by atoms with Crippen LogP contribution in [0.25, 0.3) is 6.08 Å². The van der Waals surface area contributed by atoms with Crippen molar-refractivity contribution in [3.63, 3.8) is 0 Å². The van der Waals surface area contributed by atoms with E-state index in [4.69, 9.17) is 4.74 Å². The maximum atomic E-state index is 11.7. The number of benzene rings is 1. The molecule has 1 aliphatic rings. The summed E-state index contributed by atoms with van der Waals surface area (Å²) in [5.74, 6) is -0.693. The third-order valence-electron chi connectivity index (χ3n) is 4.37. The van der Waals surface area contributed by atoms with Gasteiger partial charge in [-0.15, -0.1) is 0 Å². The van der Waals surface area contributed by atoms with Crippen molar-refractivity contribution in [2.24, 2.45) is 5.41 Å². The van der Waals surface area contributed by atoms with Crippen molar-refractivity contribution in [1.82, 2.24) is 4.90 Å². The van der Waals surface area contributed by atoms with Crippen LogP contribution >= 0.6 is 0 Å². The fourth-order valence-electron chi connectivity index (χ4n) is 3.07. The third kappa shape index (κ3) is 4.42. The fourth-order valence-corrected chi connectivity index (χ4v) is 3.07. The topological polar surface area (TPSA) is 49.8 Å². The summed E-state index contributed by atoms with van der Waals surface area (Å²) in [5, 5.41) is 9.64. The Morgan fingerprint density at radius 3 is 2.86 bits per heavy atom. The van der Waals surface area contributed by atoms with E-state index in [-0.39, 0.29) is 0 Å². The molecule has 0 bridgehead atoms. The van der Waals surface area contributed by atoms with Crippen molar-refractivity contribution in [3.8, 4) is 0 Å². The molecule has 0 saturated carbocycles. The number of hydrogen-bond donors (Lipinski definition) is 1. The van der Waals surface area contributed by atoms with Crippen molar-refractivity contribution >= 4 is 12.0 Å². The van der Waals surface area contributed by atoms with Crippen LogP contribution < -0.4 is 0 Å². The Kier molecular flexibility index (Phi) is 6.16. The standard InChI is InChI=1S/C18H25NO3/c1-22-14-11-18(17(20)21)10-6-13-19(15-18)12-5-9-16-7-3-2-4-8-16/h2-5,7-9H,6,10-15H2,1H3,(H,20,21)/b9-5+. The Morgan fingerprint density at radius 1 is 1.41 bits per heavy atom. The van der Waals surface area contributed by atoms with Crippen LogP contribution in [0, 0.1) is 5.41 Å². The lowest BCUT2D eigenvalue weighted by Crippen LogP contribution is -2.48. The van der Waals surface area contributed by atoms with E-state index in [9.17, 15) is 9.90 Å². The van der Waals surface area contributed by atoms with E-state index in [2.05, 4.69) is 29.2 Å². The lowest BCUT2D eigenvalue weighted by Gasteiger charge is -2.39. The molecule has 1 atom stereocenters. The van der Waals surface area contributed by atoms with E-state index in [1.807, 2.05) is 18.2 Å². The van der Waals surface area contributed by atoms with Gasteiger partial charge < -0.3 is 9.84 Å². The Balaban J connectivity index is 1.94. The first-order chi connectivity index (χ1) is 10.7. The van der Waals surface area contributed by atoms with Gasteiger partial charge in [-0.1, -0.05) is 42.5 Å². The van der Waals surface area contributed by atoms with Gasteiger partial charge in [0.05, 0.1) is 5.41 Å². The summed E-state index contributed by atoms with van der Waals surface area (Å²) in [4.78, 5) is 14.0. The van der Waals surface area contributed by atoms with Crippen LogP contribution in [0.4, 0.5) is 0 Å². The highest BCUT2D eigenvalue weighted by atomic mass is 16.5. The van der Waals surface area contributed by atoms with Crippen molar-refractivity contribution in [3.05, 3.63) is 42.0 Å². The van der Waals surface area contributed by atoms with Gasteiger partial charge in [-0.25, -0.2) is 0 Å². The Hall–Kier alpha value is -1.65. The van der Waals surface area contributed by atoms with E-state index < -0.39 is 11.4 Å². The average molecular weight is 303 g/mol. The van der Waals surface area contributed by atoms with Crippen LogP contribution in [0.2, 0.25) is 0 Å². The van der Waals surface area contributed by atoms with Crippen LogP contribution in [0.5, 0.6) is 0 Å². The smallest absolute Gasteiger partial charge is 0.311 e. The number of carboxylic acids is 1. The molecule has 1 aromatic rings. The number of piperidine rings is 1. The van der Waals surface area contributed by atoms with Gasteiger partial charge in [0, 0.05) is 26.8 Å². The van der Waals surface area contributed by atoms with Gasteiger partial charge in [-0.05, 0) is 31.4 Å². The number of rotatable bonds is 7. The normalized spacial score (nSPS) is 23.0. The number of likely N-dealkylation sites (tertiary alicyclic amines) is 1. The van der Waals surface area contributed by atoms with Gasteiger partial charge in [0.15, 0.2) is 0 Å². The highest BCUT2D eigenvalue weighted by Crippen LogP contribution is 2.33. The second-order valence-corrected chi connectivity index (χ2v) is 5.98. The third-order valence-corrected chi connectivity index (χ3v) is 4.37. The maximum Gasteiger partial charge on any atom is 0.311 e. The van der Waals surface area contributed by atoms with Crippen molar-refractivity contribution in [2.75, 3.05) is 33.4 Å². The van der Waals surface area contributed by atoms with Gasteiger partial charge >= 0.3 is 5.97 Å². The van der Waals surface area contributed by atoms with Crippen LogP contribution in [-0.4, -0.2) is 49.3 Å². The molecule has 0 radical (unpaired) electrons. The minimum absolute atomic E-state index is 0.500. The van der Waals surface area contributed by atoms with Gasteiger partial charge in [-0.2, -0.15) is 0 Å². The van der Waals surface area contributed by atoms with E-state index in [1.165, 1.54) is 5.56 Å². The summed E-state index contributed by atoms with van der Waals surface area (Å²) in [6.07, 6.45) is 6.45. The predicted octanol–water partition coefficient (Wildman–Crippen LogP) is 2.90. The summed E-state index contributed by atoms with van der Waals surface area (Å²) in [6.45, 7) is 2.85. The molecule has 120 valence electrons. The van der Waals surface area contributed by atoms with Gasteiger partial charge in [0.2, 0.25) is 0 Å². The van der Waals surface area contributed by atoms with Crippen molar-refractivity contribution < 1.29 is 14.6 Å². The largest absolute Gasteiger partial charge is 0.481 e. The zero-order chi connectivity index (χ0) is 15.8. The van der Waals surface area contributed by atoms with Gasteiger partial charge in [-0.3, -0.25) is 9.69 Å². The first-order valence-corrected chi connectivity index (χ1v) is 7.82.